The number of aromatic amines is 1. The van der Waals surface area contributed by atoms with E-state index in [1.54, 1.807) is 24.4 Å². The van der Waals surface area contributed by atoms with Gasteiger partial charge in [-0.2, -0.15) is 14.9 Å². The zero-order valence-electron chi connectivity index (χ0n) is 13.9. The molecule has 128 valence electrons. The fourth-order valence-electron chi connectivity index (χ4n) is 2.43. The molecule has 6 nitrogen and oxygen atoms in total. The number of para-hydroxylation sites is 1. The van der Waals surface area contributed by atoms with Gasteiger partial charge in [0, 0.05) is 0 Å². The fraction of sp³-hybridized carbons (Fsp3) is 0.167. The maximum Gasteiger partial charge on any atom is 0.216 e. The molecule has 0 saturated heterocycles. The average molecular weight is 354 g/mol. The molecule has 3 rings (SSSR count). The van der Waals surface area contributed by atoms with Gasteiger partial charge in [-0.25, -0.2) is 5.10 Å². The molecule has 25 heavy (non-hydrogen) atoms. The molecule has 0 radical (unpaired) electrons. The minimum atomic E-state index is 0.179. The highest BCUT2D eigenvalue weighted by molar-refractivity contribution is 7.71. The Bertz CT molecular complexity index is 955. The summed E-state index contributed by atoms with van der Waals surface area (Å²) in [5.41, 5.74) is 2.87. The SMILES string of the molecule is Cc1cccc(C)c1OCc1n[nH]c(=S)n1/N=C\c1cccc(O)c1. The van der Waals surface area contributed by atoms with Crippen molar-refractivity contribution >= 4 is 18.4 Å². The predicted octanol–water partition coefficient (Wildman–Crippen LogP) is 3.72. The normalized spacial score (nSPS) is 11.1. The van der Waals surface area contributed by atoms with Crippen LogP contribution in [0.1, 0.15) is 22.5 Å². The number of phenolic OH excluding ortho intramolecular Hbond substituents is 1. The number of aromatic nitrogens is 3. The number of nitrogens with zero attached hydrogens (tertiary/aromatic N) is 3. The Balaban J connectivity index is 1.81. The number of aromatic hydroxyl groups is 1. The zero-order chi connectivity index (χ0) is 17.8. The van der Waals surface area contributed by atoms with Crippen molar-refractivity contribution in [1.82, 2.24) is 14.9 Å². The van der Waals surface area contributed by atoms with E-state index in [1.165, 1.54) is 4.68 Å². The average Bonchev–Trinajstić information content (AvgIpc) is 2.93. The van der Waals surface area contributed by atoms with Crippen molar-refractivity contribution in [3.8, 4) is 11.5 Å². The van der Waals surface area contributed by atoms with Crippen molar-refractivity contribution in [3.05, 3.63) is 69.8 Å². The standard InChI is InChI=1S/C18H18N4O2S/c1-12-5-3-6-13(2)17(12)24-11-16-20-21-18(25)22(16)19-10-14-7-4-8-15(23)9-14/h3-10,23H,11H2,1-2H3,(H,21,25)/b19-10-. The van der Waals surface area contributed by atoms with Crippen molar-refractivity contribution in [2.24, 2.45) is 5.10 Å². The highest BCUT2D eigenvalue weighted by Crippen LogP contribution is 2.23. The highest BCUT2D eigenvalue weighted by atomic mass is 32.1. The van der Waals surface area contributed by atoms with Crippen LogP contribution in [0.25, 0.3) is 0 Å². The van der Waals surface area contributed by atoms with Crippen LogP contribution in [0, 0.1) is 18.6 Å². The Morgan fingerprint density at radius 3 is 2.68 bits per heavy atom. The molecule has 7 heteroatoms. The molecule has 0 aliphatic heterocycles. The number of hydrogen-bond acceptors (Lipinski definition) is 5. The number of phenols is 1. The molecule has 0 spiro atoms. The monoisotopic (exact) mass is 354 g/mol. The van der Waals surface area contributed by atoms with Gasteiger partial charge in [-0.3, -0.25) is 0 Å². The van der Waals surface area contributed by atoms with Crippen molar-refractivity contribution < 1.29 is 9.84 Å². The van der Waals surface area contributed by atoms with E-state index in [2.05, 4.69) is 15.3 Å². The molecule has 0 bridgehead atoms. The third kappa shape index (κ3) is 3.95. The maximum atomic E-state index is 9.51. The van der Waals surface area contributed by atoms with Gasteiger partial charge in [0.25, 0.3) is 0 Å². The lowest BCUT2D eigenvalue weighted by Gasteiger charge is -2.11. The first-order valence-electron chi connectivity index (χ1n) is 7.73. The number of H-pyrrole nitrogens is 1. The molecule has 2 N–H and O–H groups in total. The summed E-state index contributed by atoms with van der Waals surface area (Å²) in [5.74, 6) is 1.57. The summed E-state index contributed by atoms with van der Waals surface area (Å²) < 4.78 is 7.79. The minimum absolute atomic E-state index is 0.179. The summed E-state index contributed by atoms with van der Waals surface area (Å²) in [6.07, 6.45) is 1.60. The second-order valence-electron chi connectivity index (χ2n) is 5.61. The number of rotatable bonds is 5. The summed E-state index contributed by atoms with van der Waals surface area (Å²) in [4.78, 5) is 0. The van der Waals surface area contributed by atoms with Gasteiger partial charge < -0.3 is 9.84 Å². The van der Waals surface area contributed by atoms with E-state index >= 15 is 0 Å². The lowest BCUT2D eigenvalue weighted by Crippen LogP contribution is -2.05. The van der Waals surface area contributed by atoms with E-state index in [0.717, 1.165) is 22.4 Å². The summed E-state index contributed by atoms with van der Waals surface area (Å²) in [7, 11) is 0. The number of benzene rings is 2. The van der Waals surface area contributed by atoms with E-state index < -0.39 is 0 Å². The third-order valence-electron chi connectivity index (χ3n) is 3.66. The van der Waals surface area contributed by atoms with E-state index in [9.17, 15) is 5.11 Å². The quantitative estimate of drug-likeness (QED) is 0.541. The van der Waals surface area contributed by atoms with Gasteiger partial charge >= 0.3 is 0 Å². The molecule has 0 atom stereocenters. The van der Waals surface area contributed by atoms with Crippen LogP contribution in [0.5, 0.6) is 11.5 Å². The number of ether oxygens (including phenoxy) is 1. The maximum absolute atomic E-state index is 9.51. The van der Waals surface area contributed by atoms with Crippen LogP contribution in [0.3, 0.4) is 0 Å². The molecular weight excluding hydrogens is 336 g/mol. The van der Waals surface area contributed by atoms with Gasteiger partial charge in [0.1, 0.15) is 18.1 Å². The smallest absolute Gasteiger partial charge is 0.216 e. The van der Waals surface area contributed by atoms with E-state index in [0.29, 0.717) is 10.6 Å². The predicted molar refractivity (Wildman–Crippen MR) is 98.8 cm³/mol. The molecule has 0 saturated carbocycles. The first-order valence-corrected chi connectivity index (χ1v) is 8.14. The van der Waals surface area contributed by atoms with Crippen molar-refractivity contribution in [1.29, 1.82) is 0 Å². The molecule has 0 fully saturated rings. The van der Waals surface area contributed by atoms with Crippen molar-refractivity contribution in [2.45, 2.75) is 20.5 Å². The Labute approximate surface area is 150 Å². The lowest BCUT2D eigenvalue weighted by atomic mass is 10.1. The van der Waals surface area contributed by atoms with Gasteiger partial charge in [0.05, 0.1) is 6.21 Å². The topological polar surface area (TPSA) is 75.4 Å². The molecule has 0 amide bonds. The molecule has 0 unspecified atom stereocenters. The molecule has 0 aliphatic rings. The number of nitrogens with one attached hydrogen (secondary N) is 1. The zero-order valence-corrected chi connectivity index (χ0v) is 14.7. The third-order valence-corrected chi connectivity index (χ3v) is 3.93. The van der Waals surface area contributed by atoms with Gasteiger partial charge in [0.15, 0.2) is 5.82 Å². The number of aryl methyl sites for hydroxylation is 2. The van der Waals surface area contributed by atoms with Crippen molar-refractivity contribution in [3.63, 3.8) is 0 Å². The van der Waals surface area contributed by atoms with E-state index in [4.69, 9.17) is 17.0 Å². The summed E-state index contributed by atoms with van der Waals surface area (Å²) in [5, 5.41) is 20.8. The Hall–Kier alpha value is -2.93. The van der Waals surface area contributed by atoms with Crippen molar-refractivity contribution in [2.75, 3.05) is 0 Å². The molecule has 2 aromatic carbocycles. The van der Waals surface area contributed by atoms with Gasteiger partial charge in [-0.05, 0) is 54.9 Å². The molecule has 1 heterocycles. The summed E-state index contributed by atoms with van der Waals surface area (Å²) in [6, 6.07) is 12.8. The Morgan fingerprint density at radius 2 is 1.96 bits per heavy atom. The number of hydrogen-bond donors (Lipinski definition) is 2. The van der Waals surface area contributed by atoms with Crippen LogP contribution in [0.2, 0.25) is 0 Å². The van der Waals surface area contributed by atoms with Crippen LogP contribution in [0.15, 0.2) is 47.6 Å². The van der Waals surface area contributed by atoms with Gasteiger partial charge in [-0.1, -0.05) is 30.3 Å². The van der Waals surface area contributed by atoms with E-state index in [1.807, 2.05) is 38.1 Å². The molecule has 1 aromatic heterocycles. The largest absolute Gasteiger partial charge is 0.508 e. The van der Waals surface area contributed by atoms with Crippen LogP contribution < -0.4 is 4.74 Å². The lowest BCUT2D eigenvalue weighted by molar-refractivity contribution is 0.287. The Kier molecular flexibility index (Phi) is 4.95. The molecule has 3 aromatic rings. The second-order valence-corrected chi connectivity index (χ2v) is 5.99. The van der Waals surface area contributed by atoms with Crippen LogP contribution in [0.4, 0.5) is 0 Å². The molecule has 0 aliphatic carbocycles. The summed E-state index contributed by atoms with van der Waals surface area (Å²) >= 11 is 5.22. The highest BCUT2D eigenvalue weighted by Gasteiger charge is 2.09. The van der Waals surface area contributed by atoms with Gasteiger partial charge in [0.2, 0.25) is 4.77 Å². The van der Waals surface area contributed by atoms with E-state index in [-0.39, 0.29) is 12.4 Å². The first-order chi connectivity index (χ1) is 12.0. The van der Waals surface area contributed by atoms with Crippen LogP contribution >= 0.6 is 12.2 Å². The minimum Gasteiger partial charge on any atom is -0.508 e. The first kappa shape index (κ1) is 16.9. The fourth-order valence-corrected chi connectivity index (χ4v) is 2.63. The molecular formula is C18H18N4O2S. The Morgan fingerprint density at radius 1 is 1.24 bits per heavy atom. The summed E-state index contributed by atoms with van der Waals surface area (Å²) in [6.45, 7) is 4.23. The van der Waals surface area contributed by atoms with Crippen LogP contribution in [-0.2, 0) is 6.61 Å². The second kappa shape index (κ2) is 7.31. The van der Waals surface area contributed by atoms with Crippen LogP contribution in [-0.4, -0.2) is 26.2 Å². The van der Waals surface area contributed by atoms with Gasteiger partial charge in [-0.15, -0.1) is 0 Å².